The third kappa shape index (κ3) is 0.950. The molecule has 2 N–H and O–H groups in total. The summed E-state index contributed by atoms with van der Waals surface area (Å²) in [4.78, 5) is 20.8. The minimum Gasteiger partial charge on any atom is -0.351 e. The van der Waals surface area contributed by atoms with Crippen LogP contribution in [0.25, 0.3) is 0 Å². The van der Waals surface area contributed by atoms with Gasteiger partial charge in [-0.05, 0) is 6.92 Å². The maximum Gasteiger partial charge on any atom is 0.326 e. The highest BCUT2D eigenvalue weighted by molar-refractivity contribution is 7.07. The Hall–Kier alpha value is -1.10. The van der Waals surface area contributed by atoms with E-state index in [1.165, 1.54) is 5.38 Å². The summed E-state index contributed by atoms with van der Waals surface area (Å²) in [5.41, 5.74) is 5.19. The first kappa shape index (κ1) is 7.01. The number of thiazole rings is 1. The number of rotatable bonds is 0. The lowest BCUT2D eigenvalue weighted by Gasteiger charge is -1.93. The average Bonchev–Trinajstić information content (AvgIpc) is 2.11. The van der Waals surface area contributed by atoms with Crippen molar-refractivity contribution < 1.29 is 4.79 Å². The largest absolute Gasteiger partial charge is 0.351 e. The molecule has 0 aliphatic heterocycles. The van der Waals surface area contributed by atoms with Crippen molar-refractivity contribution in [2.24, 2.45) is 5.73 Å². The first-order valence-electron chi connectivity index (χ1n) is 2.45. The molecule has 4 nitrogen and oxygen atoms in total. The number of hydrogen-bond donors (Lipinski definition) is 1. The second-order valence-electron chi connectivity index (χ2n) is 1.67. The summed E-state index contributed by atoms with van der Waals surface area (Å²) in [6.45, 7) is 3.44. The topological polar surface area (TPSA) is 65.1 Å². The van der Waals surface area contributed by atoms with Gasteiger partial charge in [0, 0.05) is 11.1 Å². The third-order valence-corrected chi connectivity index (χ3v) is 1.76. The standard InChI is InChI=1S/C5H5N2O2S/c1-3-2-10-5(9)7(3)4(6)8/h2H,1H2,(H2,6,8). The van der Waals surface area contributed by atoms with Crippen LogP contribution >= 0.6 is 11.3 Å². The van der Waals surface area contributed by atoms with Gasteiger partial charge in [-0.1, -0.05) is 11.3 Å². The van der Waals surface area contributed by atoms with Crippen molar-refractivity contribution in [3.8, 4) is 0 Å². The second kappa shape index (κ2) is 2.26. The van der Waals surface area contributed by atoms with E-state index in [1.54, 1.807) is 0 Å². The molecule has 1 aromatic rings. The number of hydrogen-bond acceptors (Lipinski definition) is 3. The molecule has 5 heteroatoms. The van der Waals surface area contributed by atoms with Gasteiger partial charge in [-0.2, -0.15) is 0 Å². The monoisotopic (exact) mass is 157 g/mol. The number of nitrogens with zero attached hydrogens (tertiary/aromatic N) is 1. The van der Waals surface area contributed by atoms with E-state index in [-0.39, 0.29) is 0 Å². The minimum atomic E-state index is -0.781. The Kier molecular flexibility index (Phi) is 1.58. The van der Waals surface area contributed by atoms with E-state index in [4.69, 9.17) is 5.73 Å². The minimum absolute atomic E-state index is 0.336. The van der Waals surface area contributed by atoms with Gasteiger partial charge in [-0.3, -0.25) is 4.79 Å². The molecule has 1 rings (SSSR count). The van der Waals surface area contributed by atoms with Crippen molar-refractivity contribution in [3.63, 3.8) is 0 Å². The van der Waals surface area contributed by atoms with Crippen molar-refractivity contribution in [3.05, 3.63) is 27.7 Å². The first-order chi connectivity index (χ1) is 4.63. The molecule has 0 aromatic carbocycles. The summed E-state index contributed by atoms with van der Waals surface area (Å²) in [5, 5.41) is 1.48. The molecule has 1 heterocycles. The van der Waals surface area contributed by atoms with Gasteiger partial charge in [0.2, 0.25) is 0 Å². The molecule has 1 amide bonds. The van der Waals surface area contributed by atoms with Crippen LogP contribution in [-0.4, -0.2) is 10.6 Å². The van der Waals surface area contributed by atoms with E-state index in [1.807, 2.05) is 0 Å². The Balaban J connectivity index is 3.37. The van der Waals surface area contributed by atoms with Gasteiger partial charge in [-0.15, -0.1) is 0 Å². The number of amides is 1. The molecule has 0 aliphatic rings. The van der Waals surface area contributed by atoms with E-state index in [9.17, 15) is 9.59 Å². The Bertz CT molecular complexity index is 312. The molecule has 0 aliphatic carbocycles. The number of carbonyl (C=O) groups is 1. The van der Waals surface area contributed by atoms with Crippen LogP contribution in [0.1, 0.15) is 5.69 Å². The van der Waals surface area contributed by atoms with Crippen LogP contribution in [-0.2, 0) is 0 Å². The zero-order chi connectivity index (χ0) is 7.72. The maximum atomic E-state index is 10.7. The second-order valence-corrected chi connectivity index (χ2v) is 2.49. The van der Waals surface area contributed by atoms with E-state index >= 15 is 0 Å². The maximum absolute atomic E-state index is 10.7. The Morgan fingerprint density at radius 2 is 2.40 bits per heavy atom. The van der Waals surface area contributed by atoms with Crippen LogP contribution < -0.4 is 10.6 Å². The Labute approximate surface area is 60.9 Å². The molecular weight excluding hydrogens is 152 g/mol. The van der Waals surface area contributed by atoms with Crippen molar-refractivity contribution >= 4 is 17.4 Å². The lowest BCUT2D eigenvalue weighted by Crippen LogP contribution is -2.28. The molecule has 1 aromatic heterocycles. The fourth-order valence-electron chi connectivity index (χ4n) is 0.573. The molecule has 0 spiro atoms. The van der Waals surface area contributed by atoms with Gasteiger partial charge < -0.3 is 5.73 Å². The van der Waals surface area contributed by atoms with E-state index in [0.29, 0.717) is 5.69 Å². The van der Waals surface area contributed by atoms with Gasteiger partial charge in [0.1, 0.15) is 0 Å². The summed E-state index contributed by atoms with van der Waals surface area (Å²) in [6.07, 6.45) is 0. The van der Waals surface area contributed by atoms with Gasteiger partial charge in [0.15, 0.2) is 0 Å². The molecule has 0 saturated carbocycles. The van der Waals surface area contributed by atoms with Crippen molar-refractivity contribution in [2.75, 3.05) is 0 Å². The average molecular weight is 157 g/mol. The molecule has 53 valence electrons. The van der Waals surface area contributed by atoms with Crippen molar-refractivity contribution in [1.82, 2.24) is 4.57 Å². The van der Waals surface area contributed by atoms with Crippen molar-refractivity contribution in [1.29, 1.82) is 0 Å². The highest BCUT2D eigenvalue weighted by atomic mass is 32.1. The zero-order valence-electron chi connectivity index (χ0n) is 5.03. The summed E-state index contributed by atoms with van der Waals surface area (Å²) in [7, 11) is 0. The van der Waals surface area contributed by atoms with E-state index < -0.39 is 10.9 Å². The van der Waals surface area contributed by atoms with Gasteiger partial charge in [0.25, 0.3) is 0 Å². The first-order valence-corrected chi connectivity index (χ1v) is 3.33. The number of nitrogens with two attached hydrogens (primary N) is 1. The van der Waals surface area contributed by atoms with Crippen LogP contribution in [0.4, 0.5) is 4.79 Å². The van der Waals surface area contributed by atoms with E-state index in [0.717, 1.165) is 15.9 Å². The zero-order valence-corrected chi connectivity index (χ0v) is 5.85. The normalized spacial score (nSPS) is 9.70. The summed E-state index contributed by atoms with van der Waals surface area (Å²) in [6, 6.07) is -0.781. The van der Waals surface area contributed by atoms with Crippen LogP contribution in [0.2, 0.25) is 0 Å². The molecule has 1 radical (unpaired) electrons. The number of carbonyl (C=O) groups excluding carboxylic acids is 1. The molecule has 0 saturated heterocycles. The quantitative estimate of drug-likeness (QED) is 0.577. The molecule has 0 bridgehead atoms. The van der Waals surface area contributed by atoms with Gasteiger partial charge in [-0.25, -0.2) is 9.36 Å². The van der Waals surface area contributed by atoms with E-state index in [2.05, 4.69) is 6.92 Å². The summed E-state index contributed by atoms with van der Waals surface area (Å²) in [5.74, 6) is 0. The summed E-state index contributed by atoms with van der Waals surface area (Å²) >= 11 is 0.903. The number of primary amides is 1. The highest BCUT2D eigenvalue weighted by Crippen LogP contribution is 1.96. The third-order valence-electron chi connectivity index (χ3n) is 0.986. The van der Waals surface area contributed by atoms with Crippen LogP contribution in [0, 0.1) is 6.92 Å². The molecule has 0 unspecified atom stereocenters. The van der Waals surface area contributed by atoms with Crippen LogP contribution in [0.5, 0.6) is 0 Å². The molecule has 0 fully saturated rings. The fourth-order valence-corrected chi connectivity index (χ4v) is 1.23. The van der Waals surface area contributed by atoms with Crippen LogP contribution in [0.3, 0.4) is 0 Å². The predicted molar refractivity (Wildman–Crippen MR) is 38.0 cm³/mol. The van der Waals surface area contributed by atoms with Crippen molar-refractivity contribution in [2.45, 2.75) is 0 Å². The van der Waals surface area contributed by atoms with Gasteiger partial charge in [0.05, 0.1) is 0 Å². The Morgan fingerprint density at radius 1 is 1.80 bits per heavy atom. The molecule has 0 atom stereocenters. The fraction of sp³-hybridized carbons (Fsp3) is 0. The molecule has 10 heavy (non-hydrogen) atoms. The number of aromatic nitrogens is 1. The Morgan fingerprint density at radius 3 is 2.60 bits per heavy atom. The molecular formula is C5H5N2O2S. The smallest absolute Gasteiger partial charge is 0.326 e. The van der Waals surface area contributed by atoms with Gasteiger partial charge >= 0.3 is 10.9 Å². The SMILES string of the molecule is [CH2]c1csc(=O)n1C(N)=O. The highest BCUT2D eigenvalue weighted by Gasteiger charge is 2.05. The summed E-state index contributed by atoms with van der Waals surface area (Å²) < 4.78 is 0.824. The lowest BCUT2D eigenvalue weighted by atomic mass is 10.5. The predicted octanol–water partition coefficient (Wildman–Crippen LogP) is 0.0188. The lowest BCUT2D eigenvalue weighted by molar-refractivity contribution is 0.250. The van der Waals surface area contributed by atoms with Crippen LogP contribution in [0.15, 0.2) is 10.2 Å².